The Hall–Kier alpha value is -1.32. The summed E-state index contributed by atoms with van der Waals surface area (Å²) in [5, 5.41) is 2.92. The molecule has 1 atom stereocenters. The second-order valence-electron chi connectivity index (χ2n) is 3.68. The summed E-state index contributed by atoms with van der Waals surface area (Å²) < 4.78 is 1.96. The third-order valence-corrected chi connectivity index (χ3v) is 2.70. The van der Waals surface area contributed by atoms with Crippen molar-refractivity contribution in [1.82, 2.24) is 14.9 Å². The molecule has 4 heteroatoms. The van der Waals surface area contributed by atoms with Crippen LogP contribution in [0.2, 0.25) is 0 Å². The fourth-order valence-corrected chi connectivity index (χ4v) is 1.91. The van der Waals surface area contributed by atoms with Gasteiger partial charge in [-0.25, -0.2) is 4.98 Å². The first-order valence-electron chi connectivity index (χ1n) is 5.06. The van der Waals surface area contributed by atoms with E-state index >= 15 is 0 Å². The maximum atomic E-state index is 11.7. The molecule has 14 heavy (non-hydrogen) atoms. The van der Waals surface area contributed by atoms with Gasteiger partial charge >= 0.3 is 0 Å². The van der Waals surface area contributed by atoms with Crippen molar-refractivity contribution in [2.24, 2.45) is 0 Å². The molecule has 0 saturated carbocycles. The Morgan fingerprint density at radius 2 is 2.43 bits per heavy atom. The van der Waals surface area contributed by atoms with Gasteiger partial charge < -0.3 is 9.88 Å². The minimum Gasteiger partial charge on any atom is -0.354 e. The standard InChI is InChI=1S/C10H15N3O/c1-8-11-6-7-13(8)9-4-2-3-5-12-10(9)14/h6-7,9H,2-5H2,1H3,(H,12,14). The Labute approximate surface area is 83.3 Å². The van der Waals surface area contributed by atoms with Crippen LogP contribution in [0.25, 0.3) is 0 Å². The van der Waals surface area contributed by atoms with E-state index in [1.807, 2.05) is 17.7 Å². The summed E-state index contributed by atoms with van der Waals surface area (Å²) >= 11 is 0. The van der Waals surface area contributed by atoms with Crippen molar-refractivity contribution in [3.05, 3.63) is 18.2 Å². The van der Waals surface area contributed by atoms with Crippen molar-refractivity contribution >= 4 is 5.91 Å². The second-order valence-corrected chi connectivity index (χ2v) is 3.68. The van der Waals surface area contributed by atoms with Crippen LogP contribution < -0.4 is 5.32 Å². The number of nitrogens with zero attached hydrogens (tertiary/aromatic N) is 2. The van der Waals surface area contributed by atoms with Crippen molar-refractivity contribution in [2.45, 2.75) is 32.2 Å². The molecule has 1 aliphatic heterocycles. The molecule has 4 nitrogen and oxygen atoms in total. The maximum Gasteiger partial charge on any atom is 0.243 e. The van der Waals surface area contributed by atoms with E-state index < -0.39 is 0 Å². The fraction of sp³-hybridized carbons (Fsp3) is 0.600. The number of hydrogen-bond acceptors (Lipinski definition) is 2. The highest BCUT2D eigenvalue weighted by molar-refractivity contribution is 5.80. The molecule has 1 unspecified atom stereocenters. The van der Waals surface area contributed by atoms with E-state index in [0.29, 0.717) is 0 Å². The lowest BCUT2D eigenvalue weighted by Gasteiger charge is -2.15. The average Bonchev–Trinajstić information content (AvgIpc) is 2.46. The molecule has 0 radical (unpaired) electrons. The van der Waals surface area contributed by atoms with Gasteiger partial charge in [0.05, 0.1) is 0 Å². The molecular weight excluding hydrogens is 178 g/mol. The predicted octanol–water partition coefficient (Wildman–Crippen LogP) is 1.03. The largest absolute Gasteiger partial charge is 0.354 e. The lowest BCUT2D eigenvalue weighted by Crippen LogP contribution is -2.31. The van der Waals surface area contributed by atoms with Gasteiger partial charge in [0.2, 0.25) is 5.91 Å². The molecule has 0 aliphatic carbocycles. The Kier molecular flexibility index (Phi) is 2.52. The Bertz CT molecular complexity index is 332. The van der Waals surface area contributed by atoms with Crippen LogP contribution in [-0.4, -0.2) is 22.0 Å². The van der Waals surface area contributed by atoms with E-state index in [0.717, 1.165) is 31.6 Å². The molecule has 0 bridgehead atoms. The lowest BCUT2D eigenvalue weighted by molar-refractivity contribution is -0.124. The summed E-state index contributed by atoms with van der Waals surface area (Å²) in [6.07, 6.45) is 6.72. The van der Waals surface area contributed by atoms with Crippen LogP contribution in [0, 0.1) is 6.92 Å². The van der Waals surface area contributed by atoms with Crippen molar-refractivity contribution in [3.8, 4) is 0 Å². The molecule has 1 saturated heterocycles. The zero-order chi connectivity index (χ0) is 9.97. The van der Waals surface area contributed by atoms with Gasteiger partial charge in [-0.3, -0.25) is 4.79 Å². The van der Waals surface area contributed by atoms with Crippen LogP contribution in [0.15, 0.2) is 12.4 Å². The zero-order valence-electron chi connectivity index (χ0n) is 8.36. The van der Waals surface area contributed by atoms with Crippen molar-refractivity contribution in [1.29, 1.82) is 0 Å². The van der Waals surface area contributed by atoms with E-state index in [1.54, 1.807) is 6.20 Å². The lowest BCUT2D eigenvalue weighted by atomic mass is 10.1. The molecule has 1 aromatic heterocycles. The predicted molar refractivity (Wildman–Crippen MR) is 52.9 cm³/mol. The Morgan fingerprint density at radius 3 is 3.14 bits per heavy atom. The zero-order valence-corrected chi connectivity index (χ0v) is 8.36. The summed E-state index contributed by atoms with van der Waals surface area (Å²) in [7, 11) is 0. The first kappa shape index (κ1) is 9.24. The van der Waals surface area contributed by atoms with Crippen LogP contribution in [0.3, 0.4) is 0 Å². The van der Waals surface area contributed by atoms with Gasteiger partial charge in [-0.1, -0.05) is 0 Å². The van der Waals surface area contributed by atoms with Gasteiger partial charge in [-0.05, 0) is 26.2 Å². The molecule has 1 N–H and O–H groups in total. The number of carbonyl (C=O) groups excluding carboxylic acids is 1. The summed E-state index contributed by atoms with van der Waals surface area (Å²) in [6, 6.07) is -0.0556. The Balaban J connectivity index is 2.23. The molecule has 1 aromatic rings. The van der Waals surface area contributed by atoms with Gasteiger partial charge in [0.1, 0.15) is 11.9 Å². The quantitative estimate of drug-likeness (QED) is 0.724. The van der Waals surface area contributed by atoms with E-state index in [1.165, 1.54) is 0 Å². The van der Waals surface area contributed by atoms with Crippen LogP contribution in [0.1, 0.15) is 31.1 Å². The third kappa shape index (κ3) is 1.64. The van der Waals surface area contributed by atoms with E-state index in [2.05, 4.69) is 10.3 Å². The maximum absolute atomic E-state index is 11.7. The first-order valence-corrected chi connectivity index (χ1v) is 5.06. The number of amides is 1. The number of rotatable bonds is 1. The third-order valence-electron chi connectivity index (χ3n) is 2.70. The smallest absolute Gasteiger partial charge is 0.243 e. The molecule has 1 amide bonds. The molecule has 2 heterocycles. The fourth-order valence-electron chi connectivity index (χ4n) is 1.91. The van der Waals surface area contributed by atoms with Crippen LogP contribution >= 0.6 is 0 Å². The number of aromatic nitrogens is 2. The number of hydrogen-bond donors (Lipinski definition) is 1. The van der Waals surface area contributed by atoms with E-state index in [9.17, 15) is 4.79 Å². The highest BCUT2D eigenvalue weighted by Crippen LogP contribution is 2.19. The molecule has 76 valence electrons. The number of imidazole rings is 1. The summed E-state index contributed by atoms with van der Waals surface area (Å²) in [5.41, 5.74) is 0. The van der Waals surface area contributed by atoms with Crippen LogP contribution in [0.4, 0.5) is 0 Å². The summed E-state index contributed by atoms with van der Waals surface area (Å²) in [6.45, 7) is 2.74. The van der Waals surface area contributed by atoms with Gasteiger partial charge in [-0.2, -0.15) is 0 Å². The number of aryl methyl sites for hydroxylation is 1. The number of carbonyl (C=O) groups is 1. The van der Waals surface area contributed by atoms with Crippen LogP contribution in [-0.2, 0) is 4.79 Å². The summed E-state index contributed by atoms with van der Waals surface area (Å²) in [5.74, 6) is 1.04. The Morgan fingerprint density at radius 1 is 1.57 bits per heavy atom. The summed E-state index contributed by atoms with van der Waals surface area (Å²) in [4.78, 5) is 15.8. The van der Waals surface area contributed by atoms with Crippen molar-refractivity contribution < 1.29 is 4.79 Å². The molecule has 2 rings (SSSR count). The van der Waals surface area contributed by atoms with E-state index in [4.69, 9.17) is 0 Å². The average molecular weight is 193 g/mol. The van der Waals surface area contributed by atoms with Gasteiger partial charge in [0.25, 0.3) is 0 Å². The van der Waals surface area contributed by atoms with Gasteiger partial charge in [0.15, 0.2) is 0 Å². The highest BCUT2D eigenvalue weighted by Gasteiger charge is 2.22. The molecule has 0 aromatic carbocycles. The molecular formula is C10H15N3O. The topological polar surface area (TPSA) is 46.9 Å². The van der Waals surface area contributed by atoms with Crippen molar-refractivity contribution in [2.75, 3.05) is 6.54 Å². The van der Waals surface area contributed by atoms with Crippen molar-refractivity contribution in [3.63, 3.8) is 0 Å². The number of nitrogens with one attached hydrogen (secondary N) is 1. The minimum atomic E-state index is -0.0556. The van der Waals surface area contributed by atoms with Crippen LogP contribution in [0.5, 0.6) is 0 Å². The monoisotopic (exact) mass is 193 g/mol. The second kappa shape index (κ2) is 3.82. The van der Waals surface area contributed by atoms with E-state index in [-0.39, 0.29) is 11.9 Å². The SMILES string of the molecule is Cc1nccn1C1CCCCNC1=O. The minimum absolute atomic E-state index is 0.0556. The normalized spacial score (nSPS) is 22.9. The molecule has 0 spiro atoms. The van der Waals surface area contributed by atoms with Gasteiger partial charge in [0, 0.05) is 18.9 Å². The van der Waals surface area contributed by atoms with Gasteiger partial charge in [-0.15, -0.1) is 0 Å². The highest BCUT2D eigenvalue weighted by atomic mass is 16.2. The molecule has 1 fully saturated rings. The first-order chi connectivity index (χ1) is 6.79. The molecule has 1 aliphatic rings.